The Hall–Kier alpha value is -2.56. The van der Waals surface area contributed by atoms with E-state index in [4.69, 9.17) is 4.74 Å². The third-order valence-corrected chi connectivity index (χ3v) is 8.21. The van der Waals surface area contributed by atoms with Gasteiger partial charge in [-0.2, -0.15) is 0 Å². The van der Waals surface area contributed by atoms with Crippen LogP contribution in [-0.4, -0.2) is 75.7 Å². The third-order valence-electron chi connectivity index (χ3n) is 6.06. The van der Waals surface area contributed by atoms with E-state index in [-0.39, 0.29) is 22.4 Å². The standard InChI is InChI=1S/C24H29N3O5S2/c1-33-22-10-9-18(17-20(22)24(29)27-13-15-32-16-14-27)34(30,31)25-21-8-4-3-7-19(21)23(28)26-11-5-2-6-12-26/h3-4,7-10,17,25H,2,5-6,11-16H2,1H3. The molecular weight excluding hydrogens is 474 g/mol. The molecule has 34 heavy (non-hydrogen) atoms. The number of carbonyl (C=O) groups is 2. The topological polar surface area (TPSA) is 96.0 Å². The Morgan fingerprint density at radius 3 is 2.24 bits per heavy atom. The highest BCUT2D eigenvalue weighted by Gasteiger charge is 2.26. The van der Waals surface area contributed by atoms with Crippen molar-refractivity contribution < 1.29 is 22.7 Å². The summed E-state index contributed by atoms with van der Waals surface area (Å²) in [6.07, 6.45) is 4.83. The van der Waals surface area contributed by atoms with Crippen LogP contribution in [-0.2, 0) is 14.8 Å². The second-order valence-corrected chi connectivity index (χ2v) is 10.8. The average Bonchev–Trinajstić information content (AvgIpc) is 2.88. The predicted molar refractivity (Wildman–Crippen MR) is 132 cm³/mol. The zero-order valence-corrected chi connectivity index (χ0v) is 20.8. The maximum atomic E-state index is 13.3. The molecular formula is C24H29N3O5S2. The van der Waals surface area contributed by atoms with Gasteiger partial charge in [0.05, 0.1) is 34.9 Å². The first kappa shape index (κ1) is 24.6. The number of para-hydroxylation sites is 1. The minimum Gasteiger partial charge on any atom is -0.378 e. The number of anilines is 1. The summed E-state index contributed by atoms with van der Waals surface area (Å²) in [5.74, 6) is -0.399. The van der Waals surface area contributed by atoms with E-state index in [0.717, 1.165) is 19.3 Å². The van der Waals surface area contributed by atoms with Crippen molar-refractivity contribution in [1.29, 1.82) is 0 Å². The smallest absolute Gasteiger partial charge is 0.261 e. The van der Waals surface area contributed by atoms with Gasteiger partial charge in [0.1, 0.15) is 0 Å². The lowest BCUT2D eigenvalue weighted by Gasteiger charge is -2.28. The molecule has 0 aromatic heterocycles. The zero-order chi connectivity index (χ0) is 24.1. The van der Waals surface area contributed by atoms with E-state index in [1.54, 1.807) is 40.1 Å². The summed E-state index contributed by atoms with van der Waals surface area (Å²) in [4.78, 5) is 30.3. The molecule has 8 nitrogen and oxygen atoms in total. The van der Waals surface area contributed by atoms with Gasteiger partial charge in [-0.3, -0.25) is 14.3 Å². The van der Waals surface area contributed by atoms with Crippen molar-refractivity contribution in [2.75, 3.05) is 50.4 Å². The van der Waals surface area contributed by atoms with Gasteiger partial charge in [-0.15, -0.1) is 11.8 Å². The molecule has 2 aromatic rings. The van der Waals surface area contributed by atoms with Crippen molar-refractivity contribution in [2.45, 2.75) is 29.1 Å². The molecule has 0 atom stereocenters. The Kier molecular flexibility index (Phi) is 7.80. The molecule has 0 spiro atoms. The van der Waals surface area contributed by atoms with Crippen molar-refractivity contribution in [3.8, 4) is 0 Å². The van der Waals surface area contributed by atoms with Crippen LogP contribution in [0.3, 0.4) is 0 Å². The number of benzene rings is 2. The van der Waals surface area contributed by atoms with Crippen LogP contribution in [0.2, 0.25) is 0 Å². The molecule has 0 bridgehead atoms. The number of nitrogens with one attached hydrogen (secondary N) is 1. The molecule has 10 heteroatoms. The van der Waals surface area contributed by atoms with E-state index in [1.807, 2.05) is 6.26 Å². The Bertz CT molecular complexity index is 1160. The molecule has 0 unspecified atom stereocenters. The summed E-state index contributed by atoms with van der Waals surface area (Å²) in [7, 11) is -4.04. The molecule has 4 rings (SSSR count). The Morgan fingerprint density at radius 2 is 1.53 bits per heavy atom. The number of hydrogen-bond donors (Lipinski definition) is 1. The van der Waals surface area contributed by atoms with Crippen LogP contribution < -0.4 is 4.72 Å². The quantitative estimate of drug-likeness (QED) is 0.608. The van der Waals surface area contributed by atoms with Crippen LogP contribution in [0.4, 0.5) is 5.69 Å². The molecule has 2 amide bonds. The predicted octanol–water partition coefficient (Wildman–Crippen LogP) is 3.31. The molecule has 2 aliphatic rings. The number of rotatable bonds is 6. The molecule has 2 fully saturated rings. The SMILES string of the molecule is CSc1ccc(S(=O)(=O)Nc2ccccc2C(=O)N2CCCCC2)cc1C(=O)N1CCOCC1. The van der Waals surface area contributed by atoms with Crippen LogP contribution in [0.15, 0.2) is 52.3 Å². The summed E-state index contributed by atoms with van der Waals surface area (Å²) < 4.78 is 34.5. The first-order chi connectivity index (χ1) is 16.4. The molecule has 182 valence electrons. The first-order valence-electron chi connectivity index (χ1n) is 11.4. The Labute approximate surface area is 204 Å². The van der Waals surface area contributed by atoms with E-state index in [0.29, 0.717) is 55.4 Å². The zero-order valence-electron chi connectivity index (χ0n) is 19.2. The van der Waals surface area contributed by atoms with Gasteiger partial charge in [-0.25, -0.2) is 8.42 Å². The lowest BCUT2D eigenvalue weighted by molar-refractivity contribution is 0.0300. The number of piperidine rings is 1. The van der Waals surface area contributed by atoms with Crippen LogP contribution in [0.25, 0.3) is 0 Å². The number of thioether (sulfide) groups is 1. The first-order valence-corrected chi connectivity index (χ1v) is 14.1. The fourth-order valence-electron chi connectivity index (χ4n) is 4.19. The van der Waals surface area contributed by atoms with Crippen molar-refractivity contribution >= 4 is 39.3 Å². The molecule has 2 aromatic carbocycles. The molecule has 2 aliphatic heterocycles. The fraction of sp³-hybridized carbons (Fsp3) is 0.417. The molecule has 0 saturated carbocycles. The number of ether oxygens (including phenoxy) is 1. The number of likely N-dealkylation sites (tertiary alicyclic amines) is 1. The van der Waals surface area contributed by atoms with Crippen molar-refractivity contribution in [3.05, 3.63) is 53.6 Å². The van der Waals surface area contributed by atoms with E-state index in [1.165, 1.54) is 23.9 Å². The number of amides is 2. The van der Waals surface area contributed by atoms with E-state index < -0.39 is 10.0 Å². The second kappa shape index (κ2) is 10.8. The van der Waals surface area contributed by atoms with Crippen molar-refractivity contribution in [3.63, 3.8) is 0 Å². The van der Waals surface area contributed by atoms with Gasteiger partial charge < -0.3 is 14.5 Å². The molecule has 1 N–H and O–H groups in total. The van der Waals surface area contributed by atoms with Crippen molar-refractivity contribution in [2.24, 2.45) is 0 Å². The monoisotopic (exact) mass is 503 g/mol. The largest absolute Gasteiger partial charge is 0.378 e. The van der Waals surface area contributed by atoms with Gasteiger partial charge in [0, 0.05) is 31.1 Å². The fourth-order valence-corrected chi connectivity index (χ4v) is 5.86. The lowest BCUT2D eigenvalue weighted by atomic mass is 10.1. The highest BCUT2D eigenvalue weighted by molar-refractivity contribution is 7.98. The van der Waals surface area contributed by atoms with E-state index >= 15 is 0 Å². The number of nitrogens with zero attached hydrogens (tertiary/aromatic N) is 2. The normalized spacial score (nSPS) is 16.9. The minimum absolute atomic E-state index is 0.0258. The van der Waals surface area contributed by atoms with Crippen LogP contribution in [0, 0.1) is 0 Å². The molecule has 2 saturated heterocycles. The maximum absolute atomic E-state index is 13.3. The van der Waals surface area contributed by atoms with Gasteiger partial charge in [0.2, 0.25) is 0 Å². The third kappa shape index (κ3) is 5.39. The van der Waals surface area contributed by atoms with Gasteiger partial charge in [-0.1, -0.05) is 12.1 Å². The van der Waals surface area contributed by atoms with Gasteiger partial charge in [0.25, 0.3) is 21.8 Å². The van der Waals surface area contributed by atoms with Crippen LogP contribution in [0.5, 0.6) is 0 Å². The number of hydrogen-bond acceptors (Lipinski definition) is 6. The Morgan fingerprint density at radius 1 is 0.882 bits per heavy atom. The maximum Gasteiger partial charge on any atom is 0.261 e. The second-order valence-electron chi connectivity index (χ2n) is 8.27. The lowest BCUT2D eigenvalue weighted by Crippen LogP contribution is -2.41. The van der Waals surface area contributed by atoms with Gasteiger partial charge in [0.15, 0.2) is 0 Å². The van der Waals surface area contributed by atoms with Crippen LogP contribution in [0.1, 0.15) is 40.0 Å². The summed E-state index contributed by atoms with van der Waals surface area (Å²) in [5.41, 5.74) is 0.890. The summed E-state index contributed by atoms with van der Waals surface area (Å²) in [6, 6.07) is 11.2. The number of sulfonamides is 1. The van der Waals surface area contributed by atoms with Gasteiger partial charge in [-0.05, 0) is 55.9 Å². The van der Waals surface area contributed by atoms with E-state index in [9.17, 15) is 18.0 Å². The highest BCUT2D eigenvalue weighted by Crippen LogP contribution is 2.28. The summed E-state index contributed by atoms with van der Waals surface area (Å²) in [5, 5.41) is 0. The summed E-state index contributed by atoms with van der Waals surface area (Å²) in [6.45, 7) is 3.19. The molecule has 2 heterocycles. The van der Waals surface area contributed by atoms with Crippen LogP contribution >= 0.6 is 11.8 Å². The highest BCUT2D eigenvalue weighted by atomic mass is 32.2. The van der Waals surface area contributed by atoms with E-state index in [2.05, 4.69) is 4.72 Å². The van der Waals surface area contributed by atoms with Crippen molar-refractivity contribution in [1.82, 2.24) is 9.80 Å². The summed E-state index contributed by atoms with van der Waals surface area (Å²) >= 11 is 1.39. The number of morpholine rings is 1. The van der Waals surface area contributed by atoms with Gasteiger partial charge >= 0.3 is 0 Å². The molecule has 0 radical (unpaired) electrons. The minimum atomic E-state index is -4.04. The Balaban J connectivity index is 1.62. The molecule has 0 aliphatic carbocycles. The number of carbonyl (C=O) groups excluding carboxylic acids is 2. The average molecular weight is 504 g/mol.